The van der Waals surface area contributed by atoms with Crippen molar-refractivity contribution in [1.82, 2.24) is 14.7 Å². The van der Waals surface area contributed by atoms with Gasteiger partial charge in [-0.1, -0.05) is 24.3 Å². The Hall–Kier alpha value is -2.64. The predicted molar refractivity (Wildman–Crippen MR) is 117 cm³/mol. The van der Waals surface area contributed by atoms with Crippen LogP contribution in [-0.4, -0.2) is 84.1 Å². The summed E-state index contributed by atoms with van der Waals surface area (Å²) in [6.45, 7) is 5.67. The maximum absolute atomic E-state index is 13.1. The number of fused-ring (bicyclic) bond motifs is 1. The number of hydrogen-bond acceptors (Lipinski definition) is 5. The third kappa shape index (κ3) is 4.12. The van der Waals surface area contributed by atoms with Crippen LogP contribution in [0.5, 0.6) is 5.75 Å². The van der Waals surface area contributed by atoms with Gasteiger partial charge in [0.05, 0.1) is 18.8 Å². The molecule has 31 heavy (non-hydrogen) atoms. The van der Waals surface area contributed by atoms with Crippen LogP contribution in [0.3, 0.4) is 0 Å². The lowest BCUT2D eigenvalue weighted by Gasteiger charge is -2.35. The van der Waals surface area contributed by atoms with Crippen LogP contribution < -0.4 is 0 Å². The van der Waals surface area contributed by atoms with Crippen LogP contribution >= 0.6 is 0 Å². The van der Waals surface area contributed by atoms with Gasteiger partial charge in [0.1, 0.15) is 5.75 Å². The summed E-state index contributed by atoms with van der Waals surface area (Å²) in [5.41, 5.74) is 1.15. The van der Waals surface area contributed by atoms with E-state index >= 15 is 0 Å². The van der Waals surface area contributed by atoms with Crippen molar-refractivity contribution in [2.75, 3.05) is 52.5 Å². The van der Waals surface area contributed by atoms with Crippen LogP contribution in [0.4, 0.5) is 0 Å². The van der Waals surface area contributed by atoms with E-state index in [1.807, 2.05) is 29.2 Å². The summed E-state index contributed by atoms with van der Waals surface area (Å²) in [7, 11) is 0. The molecule has 0 atom stereocenters. The van der Waals surface area contributed by atoms with E-state index in [1.54, 1.807) is 11.0 Å². The first-order valence-corrected chi connectivity index (χ1v) is 11.2. The van der Waals surface area contributed by atoms with Gasteiger partial charge in [-0.2, -0.15) is 0 Å². The zero-order valence-corrected chi connectivity index (χ0v) is 17.8. The standard InChI is InChI=1S/C24H29N3O4/c28-22-20(24(30)27-11-13-31-14-12-27)15-18-3-1-2-4-19(18)21(22)16-25-7-9-26(10-8-25)23(29)17-5-6-17/h1-4,15,17,28H,5-14,16H2. The van der Waals surface area contributed by atoms with Gasteiger partial charge in [0, 0.05) is 57.3 Å². The number of phenolic OH excluding ortho intramolecular Hbond substituents is 1. The molecule has 0 radical (unpaired) electrons. The summed E-state index contributed by atoms with van der Waals surface area (Å²) in [4.78, 5) is 31.5. The summed E-state index contributed by atoms with van der Waals surface area (Å²) in [6.07, 6.45) is 2.06. The lowest BCUT2D eigenvalue weighted by Crippen LogP contribution is -2.48. The first-order chi connectivity index (χ1) is 15.1. The highest BCUT2D eigenvalue weighted by atomic mass is 16.5. The van der Waals surface area contributed by atoms with E-state index in [0.717, 1.165) is 55.4 Å². The van der Waals surface area contributed by atoms with Crippen LogP contribution in [-0.2, 0) is 16.1 Å². The third-order valence-corrected chi connectivity index (χ3v) is 6.65. The number of rotatable bonds is 4. The maximum Gasteiger partial charge on any atom is 0.257 e. The van der Waals surface area contributed by atoms with Crippen molar-refractivity contribution >= 4 is 22.6 Å². The number of amides is 2. The minimum atomic E-state index is -0.146. The first-order valence-electron chi connectivity index (χ1n) is 11.2. The average molecular weight is 424 g/mol. The molecule has 164 valence electrons. The minimum absolute atomic E-state index is 0.0756. The molecule has 2 aromatic carbocycles. The molecule has 2 aromatic rings. The zero-order chi connectivity index (χ0) is 21.4. The number of phenols is 1. The van der Waals surface area contributed by atoms with Gasteiger partial charge in [-0.3, -0.25) is 14.5 Å². The molecule has 5 rings (SSSR count). The Balaban J connectivity index is 1.39. The molecule has 0 aromatic heterocycles. The molecular formula is C24H29N3O4. The van der Waals surface area contributed by atoms with E-state index in [1.165, 1.54) is 0 Å². The van der Waals surface area contributed by atoms with Crippen LogP contribution in [0.25, 0.3) is 10.8 Å². The van der Waals surface area contributed by atoms with E-state index in [-0.39, 0.29) is 17.6 Å². The van der Waals surface area contributed by atoms with Gasteiger partial charge >= 0.3 is 0 Å². The monoisotopic (exact) mass is 423 g/mol. The van der Waals surface area contributed by atoms with Gasteiger partial charge in [-0.05, 0) is 29.7 Å². The summed E-state index contributed by atoms with van der Waals surface area (Å²) in [5, 5.41) is 13.1. The van der Waals surface area contributed by atoms with Crippen LogP contribution in [0.2, 0.25) is 0 Å². The highest BCUT2D eigenvalue weighted by molar-refractivity contribution is 6.03. The van der Waals surface area contributed by atoms with E-state index in [9.17, 15) is 14.7 Å². The van der Waals surface area contributed by atoms with E-state index in [4.69, 9.17) is 4.74 Å². The van der Waals surface area contributed by atoms with Crippen molar-refractivity contribution in [3.63, 3.8) is 0 Å². The molecule has 0 unspecified atom stereocenters. The molecule has 1 saturated carbocycles. The quantitative estimate of drug-likeness (QED) is 0.815. The third-order valence-electron chi connectivity index (χ3n) is 6.65. The summed E-state index contributed by atoms with van der Waals surface area (Å²) in [5.74, 6) is 0.479. The van der Waals surface area contributed by atoms with Crippen molar-refractivity contribution in [2.24, 2.45) is 5.92 Å². The number of carbonyl (C=O) groups is 2. The Bertz CT molecular complexity index is 990. The highest BCUT2D eigenvalue weighted by Crippen LogP contribution is 2.34. The van der Waals surface area contributed by atoms with Crippen molar-refractivity contribution in [2.45, 2.75) is 19.4 Å². The fraction of sp³-hybridized carbons (Fsp3) is 0.500. The normalized spacial score (nSPS) is 20.3. The van der Waals surface area contributed by atoms with Crippen molar-refractivity contribution in [3.05, 3.63) is 41.5 Å². The SMILES string of the molecule is O=C(c1cc2ccccc2c(CN2CCN(C(=O)C3CC3)CC2)c1O)N1CCOCC1. The number of carbonyl (C=O) groups excluding carboxylic acids is 2. The van der Waals surface area contributed by atoms with Gasteiger partial charge in [0.25, 0.3) is 5.91 Å². The summed E-state index contributed by atoms with van der Waals surface area (Å²) >= 11 is 0. The van der Waals surface area contributed by atoms with Crippen LogP contribution in [0.15, 0.2) is 30.3 Å². The molecule has 2 saturated heterocycles. The van der Waals surface area contributed by atoms with E-state index in [2.05, 4.69) is 4.90 Å². The van der Waals surface area contributed by atoms with E-state index in [0.29, 0.717) is 44.3 Å². The van der Waals surface area contributed by atoms with Gasteiger partial charge in [0.2, 0.25) is 5.91 Å². The van der Waals surface area contributed by atoms with Gasteiger partial charge < -0.3 is 19.6 Å². The minimum Gasteiger partial charge on any atom is -0.507 e. The molecular weight excluding hydrogens is 394 g/mol. The molecule has 3 aliphatic rings. The summed E-state index contributed by atoms with van der Waals surface area (Å²) in [6, 6.07) is 9.70. The van der Waals surface area contributed by atoms with Crippen molar-refractivity contribution < 1.29 is 19.4 Å². The molecule has 7 nitrogen and oxygen atoms in total. The molecule has 2 heterocycles. The van der Waals surface area contributed by atoms with Crippen LogP contribution in [0.1, 0.15) is 28.8 Å². The Morgan fingerprint density at radius 3 is 2.39 bits per heavy atom. The number of hydrogen-bond donors (Lipinski definition) is 1. The number of aromatic hydroxyl groups is 1. The molecule has 1 aliphatic carbocycles. The lowest BCUT2D eigenvalue weighted by atomic mass is 9.97. The molecule has 2 aliphatic heterocycles. The molecule has 1 N–H and O–H groups in total. The lowest BCUT2D eigenvalue weighted by molar-refractivity contribution is -0.134. The topological polar surface area (TPSA) is 73.3 Å². The van der Waals surface area contributed by atoms with Crippen molar-refractivity contribution in [3.8, 4) is 5.75 Å². The Morgan fingerprint density at radius 2 is 1.68 bits per heavy atom. The summed E-state index contributed by atoms with van der Waals surface area (Å²) < 4.78 is 5.36. The molecule has 3 fully saturated rings. The highest BCUT2D eigenvalue weighted by Gasteiger charge is 2.35. The fourth-order valence-corrected chi connectivity index (χ4v) is 4.61. The van der Waals surface area contributed by atoms with Gasteiger partial charge in [-0.25, -0.2) is 0 Å². The fourth-order valence-electron chi connectivity index (χ4n) is 4.61. The Labute approximate surface area is 182 Å². The number of piperazine rings is 1. The first kappa shape index (κ1) is 20.3. The second kappa shape index (κ2) is 8.48. The van der Waals surface area contributed by atoms with Gasteiger partial charge in [0.15, 0.2) is 0 Å². The number of benzene rings is 2. The maximum atomic E-state index is 13.1. The molecule has 2 amide bonds. The Kier molecular flexibility index (Phi) is 5.54. The smallest absolute Gasteiger partial charge is 0.257 e. The molecule has 0 spiro atoms. The molecule has 7 heteroatoms. The Morgan fingerprint density at radius 1 is 0.968 bits per heavy atom. The van der Waals surface area contributed by atoms with Crippen molar-refractivity contribution in [1.29, 1.82) is 0 Å². The second-order valence-corrected chi connectivity index (χ2v) is 8.75. The largest absolute Gasteiger partial charge is 0.507 e. The molecule has 0 bridgehead atoms. The zero-order valence-electron chi connectivity index (χ0n) is 17.8. The predicted octanol–water partition coefficient (Wildman–Crippen LogP) is 2.07. The average Bonchev–Trinajstić information content (AvgIpc) is 3.66. The number of nitrogens with zero attached hydrogens (tertiary/aromatic N) is 3. The number of morpholine rings is 1. The number of ether oxygens (including phenoxy) is 1. The van der Waals surface area contributed by atoms with Crippen LogP contribution in [0, 0.1) is 5.92 Å². The second-order valence-electron chi connectivity index (χ2n) is 8.75. The van der Waals surface area contributed by atoms with E-state index < -0.39 is 0 Å². The van der Waals surface area contributed by atoms with Gasteiger partial charge in [-0.15, -0.1) is 0 Å².